The fourth-order valence-corrected chi connectivity index (χ4v) is 6.30. The monoisotopic (exact) mass is 830 g/mol. The molecule has 0 aromatic rings. The minimum Gasteiger partial charge on any atom is -0.509 e. The molecule has 0 radical (unpaired) electrons. The van der Waals surface area contributed by atoms with E-state index >= 15 is 0 Å². The van der Waals surface area contributed by atoms with Crippen LogP contribution in [0.4, 0.5) is 0 Å². The van der Waals surface area contributed by atoms with Gasteiger partial charge in [0.05, 0.1) is 65.3 Å². The van der Waals surface area contributed by atoms with Crippen molar-refractivity contribution < 1.29 is 107 Å². The first kappa shape index (κ1) is 45.8. The molecule has 12 atom stereocenters. The summed E-state index contributed by atoms with van der Waals surface area (Å²) in [5.41, 5.74) is 0. The summed E-state index contributed by atoms with van der Waals surface area (Å²) in [5, 5.41) is 53.6. The van der Waals surface area contributed by atoms with E-state index in [1.807, 2.05) is 0 Å². The van der Waals surface area contributed by atoms with Gasteiger partial charge >= 0.3 is 35.8 Å². The zero-order valence-corrected chi connectivity index (χ0v) is 30.9. The molecule has 322 valence electrons. The summed E-state index contributed by atoms with van der Waals surface area (Å²) in [6.45, 7) is 7.28. The van der Waals surface area contributed by atoms with Crippen LogP contribution in [-0.2, 0) is 76.1 Å². The molecule has 6 aliphatic rings. The molecule has 0 aromatic heterocycles. The Morgan fingerprint density at radius 2 is 0.741 bits per heavy atom. The van der Waals surface area contributed by atoms with Crippen LogP contribution < -0.4 is 0 Å². The number of esters is 4. The van der Waals surface area contributed by atoms with Gasteiger partial charge in [0.25, 0.3) is 0 Å². The second-order valence-corrected chi connectivity index (χ2v) is 13.4. The van der Waals surface area contributed by atoms with Crippen LogP contribution in [0.25, 0.3) is 0 Å². The van der Waals surface area contributed by atoms with Gasteiger partial charge in [0.15, 0.2) is 24.4 Å². The van der Waals surface area contributed by atoms with Crippen LogP contribution in [0.1, 0.15) is 25.7 Å². The summed E-state index contributed by atoms with van der Waals surface area (Å²) in [6, 6.07) is 0. The number of hydrogen-bond donors (Lipinski definition) is 6. The Labute approximate surface area is 330 Å². The number of aliphatic hydroxyl groups excluding tert-OH is 4. The molecular weight excluding hydrogens is 784 g/mol. The Bertz CT molecular complexity index is 1570. The molecule has 0 spiro atoms. The van der Waals surface area contributed by atoms with Crippen LogP contribution >= 0.6 is 0 Å². The Balaban J connectivity index is 0.000000197. The summed E-state index contributed by atoms with van der Waals surface area (Å²) < 4.78 is 52.5. The number of allylic oxidation sites excluding steroid dienone is 2. The van der Waals surface area contributed by atoms with Crippen molar-refractivity contribution in [2.45, 2.75) is 98.9 Å². The molecule has 6 heterocycles. The Morgan fingerprint density at radius 1 is 0.448 bits per heavy atom. The maximum Gasteiger partial charge on any atom is 0.331 e. The third-order valence-corrected chi connectivity index (χ3v) is 8.94. The number of carbonyl (C=O) groups is 6. The number of aliphatic hydroxyl groups is 4. The van der Waals surface area contributed by atoms with Gasteiger partial charge in [-0.2, -0.15) is 0 Å². The molecule has 6 fully saturated rings. The standard InChI is InChI=1S/C15H18O9.C11H14O6.C10H14O7/c1-8(16)2-4-12(19)23-9-6-21-15-10(7-22-14(9)15)24-13(20)5-3-11(17)18;1-6(12)2-3-9(14)17-8-5-16-10-7(13)4-15-11(8)10;11-5-3-15-10-6(4-16-9(5)10)17-8(14)2-1-7(12)13/h2,4,9-10,14-16H,1,3,5-7H2,(H,17,18);2-3,7-8,10-13H,1,4-5H2;5-6,9-11H,1-4H2,(H,12,13)/t9-,10-,14+,15+;7-,8-,10+,11+;5-,6-,9+,10+/m000/s1. The maximum atomic E-state index is 11.6. The average molecular weight is 831 g/mol. The Kier molecular flexibility index (Phi) is 17.1. The molecule has 0 aliphatic carbocycles. The maximum absolute atomic E-state index is 11.6. The van der Waals surface area contributed by atoms with E-state index in [0.29, 0.717) is 0 Å². The minimum absolute atomic E-state index is 0.0749. The van der Waals surface area contributed by atoms with Crippen LogP contribution in [-0.4, -0.2) is 179 Å². The van der Waals surface area contributed by atoms with Crippen molar-refractivity contribution in [3.05, 3.63) is 49.0 Å². The van der Waals surface area contributed by atoms with Gasteiger partial charge in [0, 0.05) is 12.2 Å². The van der Waals surface area contributed by atoms with Gasteiger partial charge in [-0.25, -0.2) is 9.59 Å². The molecular formula is C36H46O22. The van der Waals surface area contributed by atoms with Crippen LogP contribution in [0.3, 0.4) is 0 Å². The molecule has 6 aliphatic heterocycles. The van der Waals surface area contributed by atoms with Crippen molar-refractivity contribution in [1.82, 2.24) is 0 Å². The minimum atomic E-state index is -1.09. The molecule has 0 aromatic carbocycles. The summed E-state index contributed by atoms with van der Waals surface area (Å²) in [4.78, 5) is 66.5. The quantitative estimate of drug-likeness (QED) is 0.0390. The highest BCUT2D eigenvalue weighted by atomic mass is 16.7. The van der Waals surface area contributed by atoms with Crippen LogP contribution in [0.2, 0.25) is 0 Å². The second-order valence-electron chi connectivity index (χ2n) is 13.4. The van der Waals surface area contributed by atoms with Crippen molar-refractivity contribution in [2.75, 3.05) is 39.6 Å². The summed E-state index contributed by atoms with van der Waals surface area (Å²) in [6.07, 6.45) is -3.33. The van der Waals surface area contributed by atoms with Crippen LogP contribution in [0.5, 0.6) is 0 Å². The third kappa shape index (κ3) is 13.6. The van der Waals surface area contributed by atoms with Crippen LogP contribution in [0.15, 0.2) is 49.0 Å². The molecule has 6 N–H and O–H groups in total. The van der Waals surface area contributed by atoms with Crippen molar-refractivity contribution in [3.63, 3.8) is 0 Å². The number of carbonyl (C=O) groups excluding carboxylic acids is 4. The van der Waals surface area contributed by atoms with Gasteiger partial charge in [-0.15, -0.1) is 0 Å². The fraction of sp³-hybridized carbons (Fsp3) is 0.611. The average Bonchev–Trinajstić information content (AvgIpc) is 4.02. The predicted molar refractivity (Wildman–Crippen MR) is 186 cm³/mol. The molecule has 0 bridgehead atoms. The van der Waals surface area contributed by atoms with Crippen molar-refractivity contribution in [2.24, 2.45) is 0 Å². The van der Waals surface area contributed by atoms with Gasteiger partial charge < -0.3 is 78.0 Å². The number of carboxylic acids is 2. The van der Waals surface area contributed by atoms with Gasteiger partial charge in [0.1, 0.15) is 60.4 Å². The summed E-state index contributed by atoms with van der Waals surface area (Å²) >= 11 is 0. The van der Waals surface area contributed by atoms with Gasteiger partial charge in [-0.1, -0.05) is 13.2 Å². The molecule has 58 heavy (non-hydrogen) atoms. The lowest BCUT2D eigenvalue weighted by atomic mass is 10.1. The van der Waals surface area contributed by atoms with E-state index in [9.17, 15) is 39.0 Å². The van der Waals surface area contributed by atoms with Crippen molar-refractivity contribution in [3.8, 4) is 0 Å². The molecule has 6 rings (SSSR count). The first-order valence-corrected chi connectivity index (χ1v) is 17.9. The van der Waals surface area contributed by atoms with Gasteiger partial charge in [-0.05, 0) is 12.2 Å². The first-order valence-electron chi connectivity index (χ1n) is 17.9. The molecule has 22 heteroatoms. The van der Waals surface area contributed by atoms with E-state index in [0.717, 1.165) is 24.3 Å². The molecule has 22 nitrogen and oxygen atoms in total. The lowest BCUT2D eigenvalue weighted by molar-refractivity contribution is -0.156. The van der Waals surface area contributed by atoms with E-state index < -0.39 is 109 Å². The first-order chi connectivity index (χ1) is 27.5. The number of aliphatic carboxylic acids is 2. The fourth-order valence-electron chi connectivity index (χ4n) is 6.30. The van der Waals surface area contributed by atoms with E-state index in [-0.39, 0.29) is 76.8 Å². The van der Waals surface area contributed by atoms with Gasteiger partial charge in [0.2, 0.25) is 0 Å². The lowest BCUT2D eigenvalue weighted by Gasteiger charge is -2.16. The van der Waals surface area contributed by atoms with E-state index in [4.69, 9.17) is 67.8 Å². The Hall–Kier alpha value is -4.94. The highest BCUT2D eigenvalue weighted by Gasteiger charge is 2.52. The number of hydrogen-bond acceptors (Lipinski definition) is 20. The van der Waals surface area contributed by atoms with Crippen molar-refractivity contribution in [1.29, 1.82) is 0 Å². The highest BCUT2D eigenvalue weighted by Crippen LogP contribution is 2.32. The van der Waals surface area contributed by atoms with E-state index in [1.54, 1.807) is 0 Å². The van der Waals surface area contributed by atoms with Gasteiger partial charge in [-0.3, -0.25) is 19.2 Å². The lowest BCUT2D eigenvalue weighted by Crippen LogP contribution is -2.35. The summed E-state index contributed by atoms with van der Waals surface area (Å²) in [5.74, 6) is -5.19. The second kappa shape index (κ2) is 21.7. The topological polar surface area (TPSA) is 316 Å². The molecule has 0 amide bonds. The number of carboxylic acid groups (broad SMARTS) is 2. The van der Waals surface area contributed by atoms with E-state index in [2.05, 4.69) is 13.2 Å². The molecule has 6 saturated heterocycles. The third-order valence-electron chi connectivity index (χ3n) is 8.94. The SMILES string of the molecule is C=C(O)C=CC(=O)O[C@H]1CO[C@H]2[C@@H]1OC[C@@H]2O.C=C(O)C=CC(=O)O[C@H]1CO[C@H]2[C@@H]1OC[C@@H]2OC(=O)CCC(=O)O.O=C(O)CCC(=O)O[C@H]1CO[C@H]2[C@@H]1OC[C@@H]2O. The number of fused-ring (bicyclic) bond motifs is 3. The van der Waals surface area contributed by atoms with Crippen LogP contribution in [0, 0.1) is 0 Å². The number of ether oxygens (including phenoxy) is 10. The summed E-state index contributed by atoms with van der Waals surface area (Å²) in [7, 11) is 0. The zero-order valence-electron chi connectivity index (χ0n) is 30.9. The van der Waals surface area contributed by atoms with E-state index in [1.165, 1.54) is 0 Å². The Morgan fingerprint density at radius 3 is 1.07 bits per heavy atom. The zero-order chi connectivity index (χ0) is 42.5. The molecule has 0 unspecified atom stereocenters. The van der Waals surface area contributed by atoms with Crippen molar-refractivity contribution >= 4 is 35.8 Å². The smallest absolute Gasteiger partial charge is 0.331 e. The normalized spacial score (nSPS) is 32.8. The predicted octanol–water partition coefficient (Wildman–Crippen LogP) is -1.29. The number of rotatable bonds is 14. The molecule has 0 saturated carbocycles. The highest BCUT2D eigenvalue weighted by molar-refractivity contribution is 5.83. The largest absolute Gasteiger partial charge is 0.509 e.